The van der Waals surface area contributed by atoms with E-state index < -0.39 is 3.12 Å². The summed E-state index contributed by atoms with van der Waals surface area (Å²) in [6.07, 6.45) is 12.2. The zero-order valence-electron chi connectivity index (χ0n) is 14.4. The zero-order chi connectivity index (χ0) is 18.0. The molecule has 3 nitrogen and oxygen atoms in total. The maximum absolute atomic E-state index is 11.9. The number of thioether (sulfide) groups is 1. The van der Waals surface area contributed by atoms with Crippen molar-refractivity contribution in [1.29, 1.82) is 0 Å². The summed E-state index contributed by atoms with van der Waals surface area (Å²) >= 11 is 18.7. The molecule has 1 saturated heterocycles. The Labute approximate surface area is 165 Å². The lowest BCUT2D eigenvalue weighted by Crippen LogP contribution is -2.38. The Bertz CT molecular complexity index is 386. The Hall–Kier alpha value is 0.360. The SMILES string of the molecule is CCCCCCCCCCCC(SC(Cl)(Cl)Cl)N1C(=O)CCC1=O. The van der Waals surface area contributed by atoms with Crippen molar-refractivity contribution in [1.82, 2.24) is 4.90 Å². The summed E-state index contributed by atoms with van der Waals surface area (Å²) in [6.45, 7) is 2.22. The second-order valence-electron chi connectivity index (χ2n) is 6.29. The summed E-state index contributed by atoms with van der Waals surface area (Å²) in [5.41, 5.74) is 0. The van der Waals surface area contributed by atoms with Crippen molar-refractivity contribution < 1.29 is 9.59 Å². The summed E-state index contributed by atoms with van der Waals surface area (Å²) in [4.78, 5) is 25.2. The van der Waals surface area contributed by atoms with Crippen LogP contribution in [0.3, 0.4) is 0 Å². The van der Waals surface area contributed by atoms with Crippen molar-refractivity contribution in [3.8, 4) is 0 Å². The summed E-state index contributed by atoms with van der Waals surface area (Å²) in [7, 11) is 0. The molecule has 1 fully saturated rings. The molecule has 1 unspecified atom stereocenters. The molecule has 0 aromatic carbocycles. The van der Waals surface area contributed by atoms with E-state index in [4.69, 9.17) is 34.8 Å². The van der Waals surface area contributed by atoms with Gasteiger partial charge in [0.05, 0.1) is 5.37 Å². The number of nitrogens with zero attached hydrogens (tertiary/aromatic N) is 1. The van der Waals surface area contributed by atoms with E-state index in [9.17, 15) is 9.59 Å². The maximum Gasteiger partial charge on any atom is 0.239 e. The van der Waals surface area contributed by atoms with Crippen LogP contribution in [0.1, 0.15) is 84.0 Å². The van der Waals surface area contributed by atoms with E-state index in [1.807, 2.05) is 0 Å². The van der Waals surface area contributed by atoms with Crippen molar-refractivity contribution >= 4 is 58.4 Å². The predicted molar refractivity (Wildman–Crippen MR) is 105 cm³/mol. The Morgan fingerprint density at radius 1 is 0.917 bits per heavy atom. The average Bonchev–Trinajstić information content (AvgIpc) is 2.82. The van der Waals surface area contributed by atoms with Crippen LogP contribution in [0.25, 0.3) is 0 Å². The van der Waals surface area contributed by atoms with Crippen LogP contribution in [0.5, 0.6) is 0 Å². The van der Waals surface area contributed by atoms with E-state index >= 15 is 0 Å². The monoisotopic (exact) mass is 415 g/mol. The molecule has 0 aromatic rings. The summed E-state index contributed by atoms with van der Waals surface area (Å²) < 4.78 is -1.52. The van der Waals surface area contributed by atoms with Gasteiger partial charge in [0, 0.05) is 12.8 Å². The highest BCUT2D eigenvalue weighted by atomic mass is 35.6. The van der Waals surface area contributed by atoms with E-state index in [2.05, 4.69) is 6.92 Å². The Balaban J connectivity index is 2.30. The lowest BCUT2D eigenvalue weighted by molar-refractivity contribution is -0.139. The van der Waals surface area contributed by atoms with Crippen molar-refractivity contribution in [3.63, 3.8) is 0 Å². The largest absolute Gasteiger partial charge is 0.274 e. The van der Waals surface area contributed by atoms with Crippen molar-refractivity contribution in [2.24, 2.45) is 0 Å². The third-order valence-corrected chi connectivity index (χ3v) is 5.99. The molecular weight excluding hydrogens is 389 g/mol. The molecule has 1 atom stereocenters. The number of halogens is 3. The van der Waals surface area contributed by atoms with E-state index in [0.717, 1.165) is 24.6 Å². The molecular formula is C17H28Cl3NO2S. The molecule has 1 aliphatic heterocycles. The number of hydrogen-bond donors (Lipinski definition) is 0. The summed E-state index contributed by atoms with van der Waals surface area (Å²) in [6, 6.07) is 0. The molecule has 0 saturated carbocycles. The van der Waals surface area contributed by atoms with Gasteiger partial charge in [-0.1, -0.05) is 111 Å². The normalized spacial score (nSPS) is 16.9. The first-order chi connectivity index (χ1) is 11.3. The fraction of sp³-hybridized carbons (Fsp3) is 0.882. The average molecular weight is 417 g/mol. The van der Waals surface area contributed by atoms with Gasteiger partial charge in [-0.25, -0.2) is 0 Å². The summed E-state index contributed by atoms with van der Waals surface area (Å²) in [5, 5.41) is -0.371. The van der Waals surface area contributed by atoms with Crippen molar-refractivity contribution in [2.45, 2.75) is 92.5 Å². The highest BCUT2D eigenvalue weighted by Crippen LogP contribution is 2.44. The van der Waals surface area contributed by atoms with Crippen LogP contribution in [-0.2, 0) is 9.59 Å². The Kier molecular flexibility index (Phi) is 11.1. The highest BCUT2D eigenvalue weighted by molar-refractivity contribution is 8.05. The van der Waals surface area contributed by atoms with Crippen LogP contribution in [0, 0.1) is 0 Å². The van der Waals surface area contributed by atoms with E-state index in [1.165, 1.54) is 49.8 Å². The molecule has 24 heavy (non-hydrogen) atoms. The van der Waals surface area contributed by atoms with Crippen LogP contribution >= 0.6 is 46.6 Å². The maximum atomic E-state index is 11.9. The number of likely N-dealkylation sites (tertiary alicyclic amines) is 1. The van der Waals surface area contributed by atoms with Gasteiger partial charge in [0.2, 0.25) is 14.9 Å². The molecule has 2 amide bonds. The van der Waals surface area contributed by atoms with E-state index in [0.29, 0.717) is 6.42 Å². The molecule has 0 N–H and O–H groups in total. The van der Waals surface area contributed by atoms with Gasteiger partial charge < -0.3 is 0 Å². The topological polar surface area (TPSA) is 37.4 Å². The van der Waals surface area contributed by atoms with Crippen LogP contribution < -0.4 is 0 Å². The smallest absolute Gasteiger partial charge is 0.239 e. The highest BCUT2D eigenvalue weighted by Gasteiger charge is 2.38. The first kappa shape index (κ1) is 22.4. The van der Waals surface area contributed by atoms with Crippen molar-refractivity contribution in [2.75, 3.05) is 0 Å². The Morgan fingerprint density at radius 3 is 1.83 bits per heavy atom. The number of carbonyl (C=O) groups is 2. The first-order valence-electron chi connectivity index (χ1n) is 8.94. The number of unbranched alkanes of at least 4 members (excludes halogenated alkanes) is 8. The molecule has 0 bridgehead atoms. The number of imide groups is 1. The molecule has 0 aliphatic carbocycles. The third-order valence-electron chi connectivity index (χ3n) is 4.20. The molecule has 1 rings (SSSR count). The molecule has 1 heterocycles. The first-order valence-corrected chi connectivity index (χ1v) is 11.0. The fourth-order valence-corrected chi connectivity index (χ4v) is 4.80. The van der Waals surface area contributed by atoms with Crippen LogP contribution in [-0.4, -0.2) is 25.2 Å². The minimum absolute atomic E-state index is 0.150. The van der Waals surface area contributed by atoms with Gasteiger partial charge in [0.1, 0.15) is 0 Å². The molecule has 0 radical (unpaired) electrons. The van der Waals surface area contributed by atoms with Gasteiger partial charge in [-0.15, -0.1) is 0 Å². The number of hydrogen-bond acceptors (Lipinski definition) is 3. The van der Waals surface area contributed by atoms with Gasteiger partial charge in [-0.3, -0.25) is 14.5 Å². The third kappa shape index (κ3) is 9.17. The zero-order valence-corrected chi connectivity index (χ0v) is 17.5. The minimum atomic E-state index is -1.52. The lowest BCUT2D eigenvalue weighted by Gasteiger charge is -2.28. The number of carbonyl (C=O) groups excluding carboxylic acids is 2. The van der Waals surface area contributed by atoms with E-state index in [-0.39, 0.29) is 30.0 Å². The molecule has 7 heteroatoms. The fourth-order valence-electron chi connectivity index (χ4n) is 2.94. The standard InChI is InChI=1S/C17H28Cl3NO2S/c1-2-3-4-5-6-7-8-9-10-11-16(24-17(18,19)20)21-14(22)12-13-15(21)23/h16H,2-13H2,1H3. The molecule has 0 spiro atoms. The van der Waals surface area contributed by atoms with E-state index in [1.54, 1.807) is 0 Å². The molecule has 0 aromatic heterocycles. The number of rotatable bonds is 12. The van der Waals surface area contributed by atoms with Crippen molar-refractivity contribution in [3.05, 3.63) is 0 Å². The summed E-state index contributed by atoms with van der Waals surface area (Å²) in [5.74, 6) is -0.301. The van der Waals surface area contributed by atoms with Crippen LogP contribution in [0.4, 0.5) is 0 Å². The second-order valence-corrected chi connectivity index (χ2v) is 10.6. The quantitative estimate of drug-likeness (QED) is 0.208. The molecule has 1 aliphatic rings. The lowest BCUT2D eigenvalue weighted by atomic mass is 10.1. The molecule has 140 valence electrons. The van der Waals surface area contributed by atoms with Crippen LogP contribution in [0.2, 0.25) is 0 Å². The number of amides is 2. The van der Waals surface area contributed by atoms with Gasteiger partial charge in [0.25, 0.3) is 0 Å². The van der Waals surface area contributed by atoms with Crippen LogP contribution in [0.15, 0.2) is 0 Å². The minimum Gasteiger partial charge on any atom is -0.274 e. The predicted octanol–water partition coefficient (Wildman–Crippen LogP) is 6.44. The number of alkyl halides is 3. The van der Waals surface area contributed by atoms with Gasteiger partial charge >= 0.3 is 0 Å². The second kappa shape index (κ2) is 11.9. The Morgan fingerprint density at radius 2 is 1.38 bits per heavy atom. The van der Waals surface area contributed by atoms with Gasteiger partial charge in [-0.05, 0) is 6.42 Å². The van der Waals surface area contributed by atoms with Gasteiger partial charge in [0.15, 0.2) is 0 Å². The van der Waals surface area contributed by atoms with Gasteiger partial charge in [-0.2, -0.15) is 0 Å².